The number of rotatable bonds is 35. The van der Waals surface area contributed by atoms with Crippen molar-refractivity contribution >= 4 is 13.8 Å². The van der Waals surface area contributed by atoms with Crippen LogP contribution in [0, 0.1) is 0 Å². The summed E-state index contributed by atoms with van der Waals surface area (Å²) in [6, 6.07) is 0. The Morgan fingerprint density at radius 3 is 1.33 bits per heavy atom. The van der Waals surface area contributed by atoms with Gasteiger partial charge in [-0.15, -0.1) is 0 Å². The van der Waals surface area contributed by atoms with Crippen LogP contribution in [0.25, 0.3) is 0 Å². The van der Waals surface area contributed by atoms with Crippen molar-refractivity contribution in [2.24, 2.45) is 0 Å². The number of hydrogen-bond donors (Lipinski definition) is 6. The maximum atomic E-state index is 12.7. The minimum Gasteiger partial charge on any atom is -0.457 e. The Labute approximate surface area is 315 Å². The SMILES string of the molecule is CCCCCCCCCCCCCCCCCCCCOC[C@H](COP(=O)(O)OC1C(O)C(O)C(O)[C@@H](O)C1O)OC(=O)CCCCCCCCC. The Balaban J connectivity index is 2.34. The summed E-state index contributed by atoms with van der Waals surface area (Å²) in [4.78, 5) is 22.9. The van der Waals surface area contributed by atoms with Gasteiger partial charge in [-0.25, -0.2) is 4.57 Å². The number of aliphatic hydroxyl groups is 5. The number of esters is 1. The highest BCUT2D eigenvalue weighted by Gasteiger charge is 2.51. The van der Waals surface area contributed by atoms with Gasteiger partial charge in [0.2, 0.25) is 0 Å². The third kappa shape index (κ3) is 24.0. The minimum atomic E-state index is -5.00. The van der Waals surface area contributed by atoms with E-state index in [4.69, 9.17) is 18.5 Å². The van der Waals surface area contributed by atoms with Crippen molar-refractivity contribution in [1.29, 1.82) is 0 Å². The molecule has 0 aromatic carbocycles. The van der Waals surface area contributed by atoms with Gasteiger partial charge in [0.25, 0.3) is 0 Å². The van der Waals surface area contributed by atoms with Crippen LogP contribution in [-0.4, -0.2) is 98.9 Å². The molecule has 1 aliphatic rings. The van der Waals surface area contributed by atoms with Gasteiger partial charge in [-0.05, 0) is 12.8 Å². The standard InChI is InChI=1S/C39H77O12P/c1-3-5-7-9-11-12-13-14-15-16-17-18-19-20-21-23-25-27-29-48-30-32(50-33(40)28-26-24-22-10-8-6-4-2)31-49-52(46,47)51-39-37(44)35(42)34(41)36(43)38(39)45/h32,34-39,41-45H,3-31H2,1-2H3,(H,46,47)/t32-,34?,35-,36?,37?,38?,39?/m1/s1. The number of phosphoric ester groups is 1. The van der Waals surface area contributed by atoms with Crippen molar-refractivity contribution in [1.82, 2.24) is 0 Å². The number of hydrogen-bond acceptors (Lipinski definition) is 11. The van der Waals surface area contributed by atoms with Gasteiger partial charge < -0.3 is 39.9 Å². The molecule has 13 heteroatoms. The highest BCUT2D eigenvalue weighted by Crippen LogP contribution is 2.47. The first-order chi connectivity index (χ1) is 25.0. The predicted molar refractivity (Wildman–Crippen MR) is 203 cm³/mol. The second-order valence-corrected chi connectivity index (χ2v) is 16.3. The van der Waals surface area contributed by atoms with Gasteiger partial charge in [0.1, 0.15) is 42.7 Å². The smallest absolute Gasteiger partial charge is 0.457 e. The number of carbonyl (C=O) groups excluding carboxylic acids is 1. The van der Waals surface area contributed by atoms with E-state index in [1.54, 1.807) is 0 Å². The van der Waals surface area contributed by atoms with E-state index in [-0.39, 0.29) is 13.0 Å². The molecule has 310 valence electrons. The lowest BCUT2D eigenvalue weighted by Crippen LogP contribution is -2.64. The normalized spacial score (nSPS) is 23.8. The summed E-state index contributed by atoms with van der Waals surface area (Å²) >= 11 is 0. The summed E-state index contributed by atoms with van der Waals surface area (Å²) in [5.41, 5.74) is 0. The van der Waals surface area contributed by atoms with Gasteiger partial charge in [0.15, 0.2) is 0 Å². The fourth-order valence-electron chi connectivity index (χ4n) is 6.59. The average Bonchev–Trinajstić information content (AvgIpc) is 3.12. The van der Waals surface area contributed by atoms with E-state index in [2.05, 4.69) is 13.8 Å². The predicted octanol–water partition coefficient (Wildman–Crippen LogP) is 7.42. The van der Waals surface area contributed by atoms with Gasteiger partial charge in [-0.2, -0.15) is 0 Å². The third-order valence-electron chi connectivity index (χ3n) is 9.98. The second kappa shape index (κ2) is 31.5. The summed E-state index contributed by atoms with van der Waals surface area (Å²) < 4.78 is 33.9. The van der Waals surface area contributed by atoms with Gasteiger partial charge in [-0.1, -0.05) is 162 Å². The van der Waals surface area contributed by atoms with Gasteiger partial charge >= 0.3 is 13.8 Å². The van der Waals surface area contributed by atoms with Crippen LogP contribution in [0.1, 0.15) is 181 Å². The van der Waals surface area contributed by atoms with Gasteiger partial charge in [0, 0.05) is 13.0 Å². The number of aliphatic hydroxyl groups excluding tert-OH is 5. The van der Waals surface area contributed by atoms with Crippen LogP contribution in [0.5, 0.6) is 0 Å². The molecule has 6 N–H and O–H groups in total. The van der Waals surface area contributed by atoms with E-state index in [0.717, 1.165) is 44.9 Å². The van der Waals surface area contributed by atoms with Crippen LogP contribution >= 0.6 is 7.82 Å². The van der Waals surface area contributed by atoms with Crippen LogP contribution < -0.4 is 0 Å². The van der Waals surface area contributed by atoms with E-state index in [9.17, 15) is 39.8 Å². The first kappa shape index (κ1) is 49.4. The summed E-state index contributed by atoms with van der Waals surface area (Å²) in [5, 5.41) is 49.9. The maximum Gasteiger partial charge on any atom is 0.472 e. The molecule has 0 heterocycles. The molecule has 0 spiro atoms. The van der Waals surface area contributed by atoms with E-state index in [0.29, 0.717) is 13.0 Å². The molecule has 1 rings (SSSR count). The van der Waals surface area contributed by atoms with Crippen molar-refractivity contribution in [3.63, 3.8) is 0 Å². The molecular weight excluding hydrogens is 691 g/mol. The van der Waals surface area contributed by atoms with Crippen LogP contribution in [0.2, 0.25) is 0 Å². The van der Waals surface area contributed by atoms with E-state index >= 15 is 0 Å². The molecule has 0 saturated heterocycles. The average molecular weight is 769 g/mol. The molecule has 0 amide bonds. The number of carbonyl (C=O) groups is 1. The zero-order valence-corrected chi connectivity index (χ0v) is 33.5. The van der Waals surface area contributed by atoms with Crippen LogP contribution in [0.4, 0.5) is 0 Å². The summed E-state index contributed by atoms with van der Waals surface area (Å²) in [7, 11) is -5.00. The van der Waals surface area contributed by atoms with E-state index < -0.39 is 63.1 Å². The molecule has 1 fully saturated rings. The topological polar surface area (TPSA) is 192 Å². The quantitative estimate of drug-likeness (QED) is 0.0213. The monoisotopic (exact) mass is 769 g/mol. The fourth-order valence-corrected chi connectivity index (χ4v) is 7.56. The lowest BCUT2D eigenvalue weighted by Gasteiger charge is -2.41. The van der Waals surface area contributed by atoms with Crippen molar-refractivity contribution in [3.05, 3.63) is 0 Å². The number of ether oxygens (including phenoxy) is 2. The molecule has 0 aliphatic heterocycles. The van der Waals surface area contributed by atoms with E-state index in [1.807, 2.05) is 0 Å². The summed E-state index contributed by atoms with van der Waals surface area (Å²) in [6.45, 7) is 4.21. The largest absolute Gasteiger partial charge is 0.472 e. The molecule has 52 heavy (non-hydrogen) atoms. The Hall–Kier alpha value is -0.660. The molecule has 12 nitrogen and oxygen atoms in total. The first-order valence-electron chi connectivity index (χ1n) is 20.9. The molecular formula is C39H77O12P. The van der Waals surface area contributed by atoms with Crippen molar-refractivity contribution in [2.45, 2.75) is 224 Å². The highest BCUT2D eigenvalue weighted by atomic mass is 31.2. The maximum absolute atomic E-state index is 12.7. The number of unbranched alkanes of at least 4 members (excludes halogenated alkanes) is 23. The third-order valence-corrected chi connectivity index (χ3v) is 11.0. The molecule has 1 aliphatic carbocycles. The van der Waals surface area contributed by atoms with Crippen molar-refractivity contribution < 1.29 is 58.3 Å². The van der Waals surface area contributed by atoms with Gasteiger partial charge in [-0.3, -0.25) is 13.8 Å². The Morgan fingerprint density at radius 1 is 0.538 bits per heavy atom. The van der Waals surface area contributed by atoms with Crippen molar-refractivity contribution in [3.8, 4) is 0 Å². The Bertz CT molecular complexity index is 879. The van der Waals surface area contributed by atoms with Crippen molar-refractivity contribution in [2.75, 3.05) is 19.8 Å². The zero-order valence-electron chi connectivity index (χ0n) is 32.6. The zero-order chi connectivity index (χ0) is 38.5. The Morgan fingerprint density at radius 2 is 0.904 bits per heavy atom. The van der Waals surface area contributed by atoms with Gasteiger partial charge in [0.05, 0.1) is 13.2 Å². The molecule has 0 bridgehead atoms. The van der Waals surface area contributed by atoms with Crippen LogP contribution in [0.15, 0.2) is 0 Å². The summed E-state index contributed by atoms with van der Waals surface area (Å²) in [5.74, 6) is -0.481. The highest BCUT2D eigenvalue weighted by molar-refractivity contribution is 7.47. The molecule has 0 radical (unpaired) electrons. The molecule has 1 saturated carbocycles. The first-order valence-corrected chi connectivity index (χ1v) is 22.4. The summed E-state index contributed by atoms with van der Waals surface area (Å²) in [6.07, 6.45) is 17.8. The fraction of sp³-hybridized carbons (Fsp3) is 0.974. The number of phosphoric acid groups is 1. The van der Waals surface area contributed by atoms with Crippen LogP contribution in [0.3, 0.4) is 0 Å². The molecule has 0 aromatic heterocycles. The second-order valence-electron chi connectivity index (χ2n) is 14.9. The molecule has 6 unspecified atom stereocenters. The van der Waals surface area contributed by atoms with Crippen LogP contribution in [-0.2, 0) is 27.9 Å². The molecule has 0 aromatic rings. The lowest BCUT2D eigenvalue weighted by atomic mass is 9.85. The minimum absolute atomic E-state index is 0.0694. The van der Waals surface area contributed by atoms with E-state index in [1.165, 1.54) is 109 Å². The molecule has 8 atom stereocenters. The Kier molecular flexibility index (Phi) is 29.9. The lowest BCUT2D eigenvalue weighted by molar-refractivity contribution is -0.220.